The molecule has 1 aliphatic rings. The van der Waals surface area contributed by atoms with Crippen molar-refractivity contribution in [1.29, 1.82) is 0 Å². The molecule has 152 valence electrons. The highest BCUT2D eigenvalue weighted by Crippen LogP contribution is 2.15. The molecule has 2 amide bonds. The van der Waals surface area contributed by atoms with Crippen molar-refractivity contribution in [2.45, 2.75) is 19.4 Å². The molecule has 0 aliphatic carbocycles. The summed E-state index contributed by atoms with van der Waals surface area (Å²) >= 11 is 0. The van der Waals surface area contributed by atoms with Crippen LogP contribution in [0.5, 0.6) is 0 Å². The third-order valence-electron chi connectivity index (χ3n) is 5.05. The fourth-order valence-corrected chi connectivity index (χ4v) is 3.43. The van der Waals surface area contributed by atoms with Gasteiger partial charge in [-0.2, -0.15) is 0 Å². The van der Waals surface area contributed by atoms with E-state index in [9.17, 15) is 14.0 Å². The summed E-state index contributed by atoms with van der Waals surface area (Å²) in [7, 11) is 0. The van der Waals surface area contributed by atoms with E-state index in [1.165, 1.54) is 12.1 Å². The van der Waals surface area contributed by atoms with Crippen molar-refractivity contribution in [3.05, 3.63) is 78.1 Å². The Morgan fingerprint density at radius 3 is 2.55 bits per heavy atom. The number of amides is 2. The average molecular weight is 395 g/mol. The van der Waals surface area contributed by atoms with E-state index < -0.39 is 0 Å². The van der Waals surface area contributed by atoms with Crippen molar-refractivity contribution in [3.63, 3.8) is 0 Å². The van der Waals surface area contributed by atoms with Crippen LogP contribution in [-0.4, -0.2) is 47.8 Å². The Labute approximate surface area is 170 Å². The Morgan fingerprint density at radius 1 is 1.07 bits per heavy atom. The Hall–Kier alpha value is -2.99. The van der Waals surface area contributed by atoms with Crippen molar-refractivity contribution in [2.75, 3.05) is 31.5 Å². The zero-order valence-corrected chi connectivity index (χ0v) is 16.4. The van der Waals surface area contributed by atoms with Crippen molar-refractivity contribution in [2.24, 2.45) is 0 Å². The number of aryl methyl sites for hydroxylation is 1. The third kappa shape index (κ3) is 5.99. The summed E-state index contributed by atoms with van der Waals surface area (Å²) in [6.07, 6.45) is 1.95. The van der Waals surface area contributed by atoms with Gasteiger partial charge in [0.2, 0.25) is 11.8 Å². The van der Waals surface area contributed by atoms with E-state index in [1.54, 1.807) is 23.1 Å². The molecule has 0 spiro atoms. The molecule has 1 fully saturated rings. The van der Waals surface area contributed by atoms with Gasteiger partial charge in [0.05, 0.1) is 0 Å². The molecule has 0 saturated carbocycles. The third-order valence-corrected chi connectivity index (χ3v) is 5.05. The Kier molecular flexibility index (Phi) is 7.14. The van der Waals surface area contributed by atoms with Crippen LogP contribution in [0.25, 0.3) is 0 Å². The molecule has 0 aromatic heterocycles. The van der Waals surface area contributed by atoms with Crippen LogP contribution in [0.3, 0.4) is 0 Å². The van der Waals surface area contributed by atoms with E-state index in [2.05, 4.69) is 16.8 Å². The number of rotatable bonds is 7. The van der Waals surface area contributed by atoms with E-state index >= 15 is 0 Å². The van der Waals surface area contributed by atoms with E-state index in [0.717, 1.165) is 30.9 Å². The van der Waals surface area contributed by atoms with E-state index in [-0.39, 0.29) is 24.1 Å². The zero-order chi connectivity index (χ0) is 20.6. The van der Waals surface area contributed by atoms with Crippen molar-refractivity contribution < 1.29 is 14.0 Å². The first-order valence-corrected chi connectivity index (χ1v) is 9.81. The molecule has 2 aromatic carbocycles. The lowest BCUT2D eigenvalue weighted by Gasteiger charge is -2.34. The van der Waals surface area contributed by atoms with Gasteiger partial charge in [0, 0.05) is 44.8 Å². The summed E-state index contributed by atoms with van der Waals surface area (Å²) in [6, 6.07) is 14.3. The molecule has 6 heteroatoms. The maximum absolute atomic E-state index is 13.7. The fourth-order valence-electron chi connectivity index (χ4n) is 3.43. The topological polar surface area (TPSA) is 52.7 Å². The lowest BCUT2D eigenvalue weighted by molar-refractivity contribution is -0.127. The minimum absolute atomic E-state index is 0.0234. The number of hydrogen-bond acceptors (Lipinski definition) is 3. The molecule has 0 bridgehead atoms. The minimum Gasteiger partial charge on any atom is -0.337 e. The number of anilines is 1. The smallest absolute Gasteiger partial charge is 0.246 e. The highest BCUT2D eigenvalue weighted by molar-refractivity contribution is 5.90. The number of halogens is 1. The quantitative estimate of drug-likeness (QED) is 0.733. The molecule has 3 rings (SSSR count). The highest BCUT2D eigenvalue weighted by Gasteiger charge is 2.19. The Bertz CT molecular complexity index is 876. The Morgan fingerprint density at radius 2 is 1.83 bits per heavy atom. The second-order valence-corrected chi connectivity index (χ2v) is 7.15. The lowest BCUT2D eigenvalue weighted by Crippen LogP contribution is -2.47. The molecule has 1 saturated heterocycles. The fraction of sp³-hybridized carbons (Fsp3) is 0.304. The van der Waals surface area contributed by atoms with Crippen LogP contribution in [0.2, 0.25) is 0 Å². The van der Waals surface area contributed by atoms with Crippen LogP contribution in [0.1, 0.15) is 17.5 Å². The van der Waals surface area contributed by atoms with Gasteiger partial charge in [0.25, 0.3) is 0 Å². The van der Waals surface area contributed by atoms with Crippen molar-refractivity contribution in [1.82, 2.24) is 9.80 Å². The molecule has 2 aromatic rings. The van der Waals surface area contributed by atoms with Gasteiger partial charge in [0.1, 0.15) is 5.82 Å². The number of benzene rings is 2. The number of piperazine rings is 1. The molecule has 1 heterocycles. The molecule has 0 radical (unpaired) electrons. The summed E-state index contributed by atoms with van der Waals surface area (Å²) in [6.45, 7) is 7.28. The normalized spacial score (nSPS) is 14.4. The average Bonchev–Trinajstić information content (AvgIpc) is 2.73. The lowest BCUT2D eigenvalue weighted by atomic mass is 10.1. The molecule has 0 unspecified atom stereocenters. The number of nitrogens with one attached hydrogen (secondary N) is 1. The van der Waals surface area contributed by atoms with E-state index in [4.69, 9.17) is 0 Å². The number of nitrogens with zero attached hydrogens (tertiary/aromatic N) is 2. The van der Waals surface area contributed by atoms with Crippen LogP contribution < -0.4 is 5.32 Å². The largest absolute Gasteiger partial charge is 0.337 e. The highest BCUT2D eigenvalue weighted by atomic mass is 19.1. The molecular weight excluding hydrogens is 369 g/mol. The van der Waals surface area contributed by atoms with Gasteiger partial charge < -0.3 is 10.2 Å². The predicted molar refractivity (Wildman–Crippen MR) is 112 cm³/mol. The first-order valence-electron chi connectivity index (χ1n) is 9.81. The molecular formula is C23H26FN3O2. The summed E-state index contributed by atoms with van der Waals surface area (Å²) in [5.74, 6) is -0.441. The number of carbonyl (C=O) groups excluding carboxylic acids is 2. The monoisotopic (exact) mass is 395 g/mol. The van der Waals surface area contributed by atoms with Gasteiger partial charge in [-0.15, -0.1) is 0 Å². The molecule has 1 aliphatic heterocycles. The second-order valence-electron chi connectivity index (χ2n) is 7.15. The van der Waals surface area contributed by atoms with Gasteiger partial charge in [-0.1, -0.05) is 36.9 Å². The van der Waals surface area contributed by atoms with Crippen LogP contribution >= 0.6 is 0 Å². The van der Waals surface area contributed by atoms with Crippen LogP contribution in [0, 0.1) is 5.82 Å². The molecule has 5 nitrogen and oxygen atoms in total. The van der Waals surface area contributed by atoms with Gasteiger partial charge in [-0.3, -0.25) is 14.5 Å². The number of hydrogen-bond donors (Lipinski definition) is 1. The van der Waals surface area contributed by atoms with Crippen LogP contribution in [0.4, 0.5) is 10.1 Å². The minimum atomic E-state index is -0.280. The summed E-state index contributed by atoms with van der Waals surface area (Å²) in [5, 5.41) is 2.89. The van der Waals surface area contributed by atoms with Gasteiger partial charge in [-0.25, -0.2) is 4.39 Å². The van der Waals surface area contributed by atoms with Gasteiger partial charge in [-0.05, 0) is 41.8 Å². The SMILES string of the molecule is C=CC(=O)N1CCN(Cc2cccc(NC(=O)CCc3ccccc3F)c2)CC1. The van der Waals surface area contributed by atoms with E-state index in [0.29, 0.717) is 25.1 Å². The summed E-state index contributed by atoms with van der Waals surface area (Å²) in [4.78, 5) is 28.0. The Balaban J connectivity index is 1.49. The maximum atomic E-state index is 13.7. The van der Waals surface area contributed by atoms with Gasteiger partial charge >= 0.3 is 0 Å². The van der Waals surface area contributed by atoms with Crippen LogP contribution in [-0.2, 0) is 22.6 Å². The molecule has 1 N–H and O–H groups in total. The van der Waals surface area contributed by atoms with Crippen LogP contribution in [0.15, 0.2) is 61.2 Å². The maximum Gasteiger partial charge on any atom is 0.246 e. The summed E-state index contributed by atoms with van der Waals surface area (Å²) in [5.41, 5.74) is 2.38. The predicted octanol–water partition coefficient (Wildman–Crippen LogP) is 3.23. The first kappa shape index (κ1) is 20.7. The standard InChI is InChI=1S/C23H26FN3O2/c1-2-23(29)27-14-12-26(13-15-27)17-18-6-5-8-20(16-18)25-22(28)11-10-19-7-3-4-9-21(19)24/h2-9,16H,1,10-15,17H2,(H,25,28). The van der Waals surface area contributed by atoms with Crippen molar-refractivity contribution in [3.8, 4) is 0 Å². The first-order chi connectivity index (χ1) is 14.0. The number of carbonyl (C=O) groups is 2. The molecule has 29 heavy (non-hydrogen) atoms. The zero-order valence-electron chi connectivity index (χ0n) is 16.4. The summed E-state index contributed by atoms with van der Waals surface area (Å²) < 4.78 is 13.7. The van der Waals surface area contributed by atoms with Crippen molar-refractivity contribution >= 4 is 17.5 Å². The molecule has 0 atom stereocenters. The van der Waals surface area contributed by atoms with E-state index in [1.807, 2.05) is 24.3 Å². The van der Waals surface area contributed by atoms with Gasteiger partial charge in [0.15, 0.2) is 0 Å². The second kappa shape index (κ2) is 9.98.